The van der Waals surface area contributed by atoms with Gasteiger partial charge in [-0.3, -0.25) is 4.90 Å². The van der Waals surface area contributed by atoms with Crippen LogP contribution in [0.4, 0.5) is 4.39 Å². The van der Waals surface area contributed by atoms with Gasteiger partial charge in [-0.05, 0) is 43.6 Å². The Morgan fingerprint density at radius 3 is 2.52 bits per heavy atom. The van der Waals surface area contributed by atoms with Gasteiger partial charge in [0.15, 0.2) is 0 Å². The Hall–Kier alpha value is -1.05. The predicted octanol–water partition coefficient (Wildman–Crippen LogP) is 0.500. The van der Waals surface area contributed by atoms with Crippen LogP contribution in [-0.4, -0.2) is 65.7 Å². The molecule has 3 rings (SSSR count). The number of benzene rings is 1. The maximum atomic E-state index is 12.9. The summed E-state index contributed by atoms with van der Waals surface area (Å²) < 4.78 is 18.7. The van der Waals surface area contributed by atoms with Gasteiger partial charge in [0.1, 0.15) is 18.0 Å². The van der Waals surface area contributed by atoms with Crippen LogP contribution in [0.3, 0.4) is 0 Å². The van der Waals surface area contributed by atoms with Crippen molar-refractivity contribution >= 4 is 0 Å². The highest BCUT2D eigenvalue weighted by Crippen LogP contribution is 2.28. The molecule has 0 amide bonds. The monoisotopic (exact) mass is 324 g/mol. The molecule has 2 aliphatic heterocycles. The smallest absolute Gasteiger partial charge is 0.123 e. The van der Waals surface area contributed by atoms with Gasteiger partial charge in [-0.2, -0.15) is 0 Å². The van der Waals surface area contributed by atoms with Gasteiger partial charge in [0.2, 0.25) is 0 Å². The molecule has 6 heteroatoms. The van der Waals surface area contributed by atoms with Crippen molar-refractivity contribution in [3.8, 4) is 0 Å². The first kappa shape index (κ1) is 16.8. The van der Waals surface area contributed by atoms with E-state index in [-0.39, 0.29) is 24.6 Å². The lowest BCUT2D eigenvalue weighted by Gasteiger charge is -2.30. The molecule has 1 aromatic rings. The van der Waals surface area contributed by atoms with Crippen LogP contribution in [0.1, 0.15) is 18.4 Å². The number of likely N-dealkylation sites (tertiary alicyclic amines) is 1. The van der Waals surface area contributed by atoms with Gasteiger partial charge >= 0.3 is 0 Å². The van der Waals surface area contributed by atoms with Gasteiger partial charge in [-0.25, -0.2) is 4.39 Å². The second kappa shape index (κ2) is 7.68. The highest BCUT2D eigenvalue weighted by atomic mass is 19.1. The Kier molecular flexibility index (Phi) is 5.61. The Bertz CT molecular complexity index is 493. The maximum Gasteiger partial charge on any atom is 0.123 e. The number of aliphatic hydroxyl groups excluding tert-OH is 2. The number of ether oxygens (including phenoxy) is 1. The molecule has 3 N–H and O–H groups in total. The molecule has 0 spiro atoms. The third kappa shape index (κ3) is 3.89. The molecular weight excluding hydrogens is 299 g/mol. The molecule has 0 aromatic heterocycles. The first-order chi connectivity index (χ1) is 11.2. The van der Waals surface area contributed by atoms with E-state index in [1.165, 1.54) is 12.1 Å². The van der Waals surface area contributed by atoms with Gasteiger partial charge in [0, 0.05) is 13.1 Å². The molecule has 0 saturated carbocycles. The lowest BCUT2D eigenvalue weighted by Crippen LogP contribution is -2.49. The van der Waals surface area contributed by atoms with E-state index in [0.29, 0.717) is 13.1 Å². The average Bonchev–Trinajstić information content (AvgIpc) is 3.17. The summed E-state index contributed by atoms with van der Waals surface area (Å²) in [6.45, 7) is 2.98. The van der Waals surface area contributed by atoms with Crippen molar-refractivity contribution in [1.82, 2.24) is 10.2 Å². The fourth-order valence-corrected chi connectivity index (χ4v) is 3.60. The van der Waals surface area contributed by atoms with Crippen LogP contribution >= 0.6 is 0 Å². The first-order valence-electron chi connectivity index (χ1n) is 8.32. The molecule has 0 unspecified atom stereocenters. The maximum absolute atomic E-state index is 12.9. The molecule has 4 atom stereocenters. The van der Waals surface area contributed by atoms with Crippen LogP contribution in [0.15, 0.2) is 24.3 Å². The Morgan fingerprint density at radius 2 is 1.87 bits per heavy atom. The van der Waals surface area contributed by atoms with E-state index in [1.807, 2.05) is 0 Å². The molecule has 23 heavy (non-hydrogen) atoms. The van der Waals surface area contributed by atoms with Crippen molar-refractivity contribution in [3.63, 3.8) is 0 Å². The highest BCUT2D eigenvalue weighted by molar-refractivity contribution is 5.15. The lowest BCUT2D eigenvalue weighted by atomic mass is 10.0. The van der Waals surface area contributed by atoms with E-state index < -0.39 is 12.2 Å². The van der Waals surface area contributed by atoms with Crippen molar-refractivity contribution in [3.05, 3.63) is 35.6 Å². The molecule has 128 valence electrons. The van der Waals surface area contributed by atoms with Crippen LogP contribution in [-0.2, 0) is 11.3 Å². The first-order valence-corrected chi connectivity index (χ1v) is 8.32. The molecule has 2 heterocycles. The molecular formula is C17H25FN2O3. The van der Waals surface area contributed by atoms with Crippen LogP contribution in [0.25, 0.3) is 0 Å². The van der Waals surface area contributed by atoms with Crippen LogP contribution < -0.4 is 5.32 Å². The number of hydrogen-bond donors (Lipinski definition) is 3. The second-order valence-electron chi connectivity index (χ2n) is 6.38. The van der Waals surface area contributed by atoms with Crippen LogP contribution in [0.5, 0.6) is 0 Å². The molecule has 0 aliphatic carbocycles. The topological polar surface area (TPSA) is 65.0 Å². The largest absolute Gasteiger partial charge is 0.394 e. The fraction of sp³-hybridized carbons (Fsp3) is 0.647. The summed E-state index contributed by atoms with van der Waals surface area (Å²) in [6, 6.07) is 6.32. The van der Waals surface area contributed by atoms with Crippen molar-refractivity contribution in [2.75, 3.05) is 26.2 Å². The summed E-state index contributed by atoms with van der Waals surface area (Å²) in [5.74, 6) is -0.240. The van der Waals surface area contributed by atoms with E-state index in [1.54, 1.807) is 12.1 Å². The van der Waals surface area contributed by atoms with Gasteiger partial charge in [-0.15, -0.1) is 0 Å². The third-order valence-electron chi connectivity index (χ3n) is 4.79. The minimum absolute atomic E-state index is 0.0737. The standard InChI is InChI=1S/C17H25FN2O3/c18-13-5-3-12(4-6-13)9-19-10-14-16(20-7-1-2-8-20)17(22)15(11-21)23-14/h3-6,14-17,19,21-22H,1-2,7-11H2/t14-,15-,16-,17+/m0/s1. The SMILES string of the molecule is OC[C@@H]1O[C@@H](CNCc2ccc(F)cc2)[C@H](N2CCCC2)[C@@H]1O. The van der Waals surface area contributed by atoms with E-state index in [0.717, 1.165) is 31.5 Å². The minimum atomic E-state index is -0.657. The molecule has 0 bridgehead atoms. The van der Waals surface area contributed by atoms with E-state index in [4.69, 9.17) is 4.74 Å². The molecule has 2 aliphatic rings. The zero-order valence-corrected chi connectivity index (χ0v) is 13.2. The zero-order valence-electron chi connectivity index (χ0n) is 13.2. The fourth-order valence-electron chi connectivity index (χ4n) is 3.60. The molecule has 0 radical (unpaired) electrons. The van der Waals surface area contributed by atoms with Gasteiger partial charge in [0.25, 0.3) is 0 Å². The number of rotatable bonds is 6. The number of aliphatic hydroxyl groups is 2. The second-order valence-corrected chi connectivity index (χ2v) is 6.38. The molecule has 1 aromatic carbocycles. The zero-order chi connectivity index (χ0) is 16.2. The lowest BCUT2D eigenvalue weighted by molar-refractivity contribution is -0.0213. The predicted molar refractivity (Wildman–Crippen MR) is 84.5 cm³/mol. The summed E-state index contributed by atoms with van der Waals surface area (Å²) in [5, 5.41) is 23.1. The highest BCUT2D eigenvalue weighted by Gasteiger charge is 2.46. The van der Waals surface area contributed by atoms with Gasteiger partial charge in [0.05, 0.1) is 18.8 Å². The van der Waals surface area contributed by atoms with E-state index in [2.05, 4.69) is 10.2 Å². The van der Waals surface area contributed by atoms with Gasteiger partial charge < -0.3 is 20.3 Å². The third-order valence-corrected chi connectivity index (χ3v) is 4.79. The summed E-state index contributed by atoms with van der Waals surface area (Å²) in [5.41, 5.74) is 1.00. The normalized spacial score (nSPS) is 31.8. The minimum Gasteiger partial charge on any atom is -0.394 e. The van der Waals surface area contributed by atoms with Crippen molar-refractivity contribution in [2.45, 2.75) is 43.7 Å². The van der Waals surface area contributed by atoms with Crippen LogP contribution in [0.2, 0.25) is 0 Å². The molecule has 5 nitrogen and oxygen atoms in total. The van der Waals surface area contributed by atoms with Crippen molar-refractivity contribution < 1.29 is 19.3 Å². The summed E-state index contributed by atoms with van der Waals surface area (Å²) in [6.07, 6.45) is 0.959. The Morgan fingerprint density at radius 1 is 1.17 bits per heavy atom. The summed E-state index contributed by atoms with van der Waals surface area (Å²) >= 11 is 0. The number of halogens is 1. The molecule has 2 saturated heterocycles. The Balaban J connectivity index is 1.57. The number of nitrogens with one attached hydrogen (secondary N) is 1. The van der Waals surface area contributed by atoms with E-state index in [9.17, 15) is 14.6 Å². The average molecular weight is 324 g/mol. The molecule has 2 fully saturated rings. The van der Waals surface area contributed by atoms with Crippen molar-refractivity contribution in [2.24, 2.45) is 0 Å². The summed E-state index contributed by atoms with van der Waals surface area (Å²) in [7, 11) is 0. The number of hydrogen-bond acceptors (Lipinski definition) is 5. The van der Waals surface area contributed by atoms with E-state index >= 15 is 0 Å². The van der Waals surface area contributed by atoms with Gasteiger partial charge in [-0.1, -0.05) is 12.1 Å². The number of nitrogens with zero attached hydrogens (tertiary/aromatic N) is 1. The van der Waals surface area contributed by atoms with Crippen molar-refractivity contribution in [1.29, 1.82) is 0 Å². The summed E-state index contributed by atoms with van der Waals surface area (Å²) in [4.78, 5) is 2.27. The quantitative estimate of drug-likeness (QED) is 0.711. The Labute approximate surface area is 136 Å². The van der Waals surface area contributed by atoms with Crippen LogP contribution in [0, 0.1) is 5.82 Å².